The maximum atomic E-state index is 2.49. The van der Waals surface area contributed by atoms with E-state index in [0.29, 0.717) is 17.8 Å². The minimum Gasteiger partial charge on any atom is -0.314 e. The van der Waals surface area contributed by atoms with Gasteiger partial charge in [0, 0.05) is 50.8 Å². The van der Waals surface area contributed by atoms with Gasteiger partial charge in [0.05, 0.1) is 11.0 Å². The Morgan fingerprint density at radius 2 is 1.33 bits per heavy atom. The number of para-hydroxylation sites is 2. The second-order valence-electron chi connectivity index (χ2n) is 16.3. The minimum atomic E-state index is -0.0573. The Kier molecular flexibility index (Phi) is 7.92. The molecule has 0 bridgehead atoms. The molecule has 3 atom stereocenters. The lowest BCUT2D eigenvalue weighted by Crippen LogP contribution is -2.24. The van der Waals surface area contributed by atoms with E-state index in [0.717, 1.165) is 6.42 Å². The average molecular weight is 711 g/mol. The SMILES string of the molecule is CC1CC(c2ccc3c(c2)c2ccccc2n3-c2ccc(C3C=CC=CC3C)cc2)=CC=C1N(c1ccccc1)c1ccc2c(c1)C(C)(C)c1ccccc1-2. The molecule has 0 N–H and O–H groups in total. The van der Waals surface area contributed by atoms with Crippen LogP contribution in [-0.4, -0.2) is 4.57 Å². The quantitative estimate of drug-likeness (QED) is 0.167. The number of hydrogen-bond donors (Lipinski definition) is 0. The van der Waals surface area contributed by atoms with Crippen molar-refractivity contribution < 1.29 is 0 Å². The summed E-state index contributed by atoms with van der Waals surface area (Å²) < 4.78 is 2.43. The molecule has 0 aliphatic heterocycles. The third kappa shape index (κ3) is 5.46. The van der Waals surface area contributed by atoms with Crippen molar-refractivity contribution in [3.63, 3.8) is 0 Å². The molecular weight excluding hydrogens is 665 g/mol. The molecule has 2 heteroatoms. The highest BCUT2D eigenvalue weighted by Crippen LogP contribution is 2.51. The maximum Gasteiger partial charge on any atom is 0.0541 e. The van der Waals surface area contributed by atoms with Crippen molar-refractivity contribution in [3.8, 4) is 16.8 Å². The molecule has 7 aromatic rings. The van der Waals surface area contributed by atoms with Gasteiger partial charge in [0.2, 0.25) is 0 Å². The average Bonchev–Trinajstić information content (AvgIpc) is 3.67. The van der Waals surface area contributed by atoms with E-state index in [1.807, 2.05) is 0 Å². The van der Waals surface area contributed by atoms with Gasteiger partial charge in [0.15, 0.2) is 0 Å². The predicted molar refractivity (Wildman–Crippen MR) is 233 cm³/mol. The van der Waals surface area contributed by atoms with Crippen LogP contribution in [0.1, 0.15) is 62.3 Å². The molecule has 55 heavy (non-hydrogen) atoms. The number of aromatic nitrogens is 1. The topological polar surface area (TPSA) is 8.17 Å². The van der Waals surface area contributed by atoms with Gasteiger partial charge in [-0.15, -0.1) is 0 Å². The summed E-state index contributed by atoms with van der Waals surface area (Å²) in [6, 6.07) is 52.1. The van der Waals surface area contributed by atoms with E-state index in [1.165, 1.54) is 83.5 Å². The molecule has 0 saturated heterocycles. The lowest BCUT2D eigenvalue weighted by molar-refractivity contribution is 0.635. The van der Waals surface area contributed by atoms with Crippen LogP contribution in [0.25, 0.3) is 44.2 Å². The summed E-state index contributed by atoms with van der Waals surface area (Å²) in [7, 11) is 0. The van der Waals surface area contributed by atoms with Crippen molar-refractivity contribution in [1.29, 1.82) is 0 Å². The van der Waals surface area contributed by atoms with Crippen LogP contribution in [0.4, 0.5) is 11.4 Å². The van der Waals surface area contributed by atoms with E-state index in [4.69, 9.17) is 0 Å². The molecule has 1 aromatic heterocycles. The summed E-state index contributed by atoms with van der Waals surface area (Å²) in [5.41, 5.74) is 16.9. The molecule has 0 spiro atoms. The van der Waals surface area contributed by atoms with Gasteiger partial charge < -0.3 is 9.47 Å². The summed E-state index contributed by atoms with van der Waals surface area (Å²) in [5.74, 6) is 1.22. The van der Waals surface area contributed by atoms with Crippen LogP contribution < -0.4 is 4.90 Å². The summed E-state index contributed by atoms with van der Waals surface area (Å²) in [6.45, 7) is 9.42. The molecule has 2 nitrogen and oxygen atoms in total. The molecule has 0 amide bonds. The van der Waals surface area contributed by atoms with Gasteiger partial charge in [-0.2, -0.15) is 0 Å². The van der Waals surface area contributed by atoms with Gasteiger partial charge in [-0.05, 0) is 112 Å². The number of hydrogen-bond acceptors (Lipinski definition) is 1. The first kappa shape index (κ1) is 33.4. The van der Waals surface area contributed by atoms with Crippen LogP contribution in [0.5, 0.6) is 0 Å². The first-order valence-corrected chi connectivity index (χ1v) is 19.9. The van der Waals surface area contributed by atoms with Crippen LogP contribution in [0, 0.1) is 11.8 Å². The van der Waals surface area contributed by atoms with E-state index in [9.17, 15) is 0 Å². The van der Waals surface area contributed by atoms with E-state index in [-0.39, 0.29) is 5.41 Å². The van der Waals surface area contributed by atoms with Crippen molar-refractivity contribution in [2.24, 2.45) is 11.8 Å². The fourth-order valence-corrected chi connectivity index (χ4v) is 9.65. The van der Waals surface area contributed by atoms with Crippen molar-refractivity contribution in [1.82, 2.24) is 4.57 Å². The van der Waals surface area contributed by atoms with E-state index < -0.39 is 0 Å². The van der Waals surface area contributed by atoms with Crippen molar-refractivity contribution in [3.05, 3.63) is 204 Å². The van der Waals surface area contributed by atoms with Gasteiger partial charge in [0.1, 0.15) is 0 Å². The molecule has 3 aliphatic rings. The van der Waals surface area contributed by atoms with Crippen LogP contribution in [0.3, 0.4) is 0 Å². The highest BCUT2D eigenvalue weighted by molar-refractivity contribution is 6.10. The Labute approximate surface area is 325 Å². The van der Waals surface area contributed by atoms with Gasteiger partial charge in [0.25, 0.3) is 0 Å². The Bertz CT molecular complexity index is 2730. The minimum absolute atomic E-state index is 0.0573. The molecule has 268 valence electrons. The first-order valence-electron chi connectivity index (χ1n) is 19.9. The zero-order chi connectivity index (χ0) is 37.3. The maximum absolute atomic E-state index is 2.49. The molecule has 0 radical (unpaired) electrons. The zero-order valence-electron chi connectivity index (χ0n) is 32.1. The predicted octanol–water partition coefficient (Wildman–Crippen LogP) is 14.1. The number of benzene rings is 6. The number of anilines is 2. The zero-order valence-corrected chi connectivity index (χ0v) is 32.1. The molecule has 1 heterocycles. The summed E-state index contributed by atoms with van der Waals surface area (Å²) in [6.07, 6.45) is 14.7. The number of allylic oxidation sites excluding steroid dienone is 8. The Morgan fingerprint density at radius 1 is 0.600 bits per heavy atom. The number of nitrogens with zero attached hydrogens (tertiary/aromatic N) is 2. The van der Waals surface area contributed by atoms with E-state index >= 15 is 0 Å². The number of rotatable bonds is 6. The van der Waals surface area contributed by atoms with Crippen molar-refractivity contribution in [2.75, 3.05) is 4.90 Å². The summed E-state index contributed by atoms with van der Waals surface area (Å²) in [4.78, 5) is 2.49. The van der Waals surface area contributed by atoms with E-state index in [1.54, 1.807) is 0 Å². The second kappa shape index (κ2) is 13.0. The fourth-order valence-electron chi connectivity index (χ4n) is 9.65. The van der Waals surface area contributed by atoms with Gasteiger partial charge in [-0.1, -0.05) is 143 Å². The summed E-state index contributed by atoms with van der Waals surface area (Å²) >= 11 is 0. The molecular formula is C53H46N2. The smallest absolute Gasteiger partial charge is 0.0541 e. The van der Waals surface area contributed by atoms with Crippen molar-refractivity contribution >= 4 is 38.8 Å². The van der Waals surface area contributed by atoms with Gasteiger partial charge >= 0.3 is 0 Å². The lowest BCUT2D eigenvalue weighted by Gasteiger charge is -2.34. The fraction of sp³-hybridized carbons (Fsp3) is 0.170. The van der Waals surface area contributed by atoms with E-state index in [2.05, 4.69) is 213 Å². The second-order valence-corrected chi connectivity index (χ2v) is 16.3. The third-order valence-electron chi connectivity index (χ3n) is 12.6. The van der Waals surface area contributed by atoms with Gasteiger partial charge in [-0.3, -0.25) is 0 Å². The van der Waals surface area contributed by atoms with Crippen LogP contribution in [-0.2, 0) is 5.41 Å². The Hall–Kier alpha value is -6.12. The lowest BCUT2D eigenvalue weighted by atomic mass is 9.82. The van der Waals surface area contributed by atoms with Crippen LogP contribution in [0.2, 0.25) is 0 Å². The number of fused-ring (bicyclic) bond motifs is 6. The third-order valence-corrected chi connectivity index (χ3v) is 12.6. The van der Waals surface area contributed by atoms with Crippen molar-refractivity contribution in [2.45, 2.75) is 45.4 Å². The first-order chi connectivity index (χ1) is 26.9. The highest BCUT2D eigenvalue weighted by atomic mass is 15.2. The Morgan fingerprint density at radius 3 is 2.15 bits per heavy atom. The normalized spacial score (nSPS) is 19.6. The molecule has 3 aliphatic carbocycles. The van der Waals surface area contributed by atoms with Crippen LogP contribution >= 0.6 is 0 Å². The molecule has 3 unspecified atom stereocenters. The summed E-state index contributed by atoms with van der Waals surface area (Å²) in [5, 5.41) is 2.58. The molecule has 10 rings (SSSR count). The molecule has 6 aromatic carbocycles. The Balaban J connectivity index is 1.03. The largest absolute Gasteiger partial charge is 0.314 e. The molecule has 0 fully saturated rings. The standard InChI is InChI=1S/C53H46N2/c1-35-14-8-9-17-43(35)37-22-26-41(27-23-37)55-51-21-13-11-19-46(51)47-33-39(25-31-52(47)55)38-24-30-50(36(2)32-38)54(40-15-6-5-7-16-40)42-28-29-45-44-18-10-12-20-48(44)53(3,4)49(45)34-42/h5-31,33-36,43H,32H2,1-4H3. The monoisotopic (exact) mass is 710 g/mol. The van der Waals surface area contributed by atoms with Crippen LogP contribution in [0.15, 0.2) is 182 Å². The molecule has 0 saturated carbocycles. The highest BCUT2D eigenvalue weighted by Gasteiger charge is 2.36. The van der Waals surface area contributed by atoms with Gasteiger partial charge in [-0.25, -0.2) is 0 Å².